The third-order valence-corrected chi connectivity index (χ3v) is 4.81. The number of hydrogen-bond acceptors (Lipinski definition) is 0. The Bertz CT molecular complexity index is 324. The zero-order chi connectivity index (χ0) is 11.6. The Morgan fingerprint density at radius 2 is 1.53 bits per heavy atom. The van der Waals surface area contributed by atoms with Crippen LogP contribution in [0.1, 0.15) is 29.5 Å². The zero-order valence-corrected chi connectivity index (χ0v) is 12.4. The lowest BCUT2D eigenvalue weighted by Gasteiger charge is -2.16. The average Bonchev–Trinajstić information content (AvgIpc) is 1.98. The summed E-state index contributed by atoms with van der Waals surface area (Å²) in [5.74, 6) is 0.322. The van der Waals surface area contributed by atoms with Crippen molar-refractivity contribution in [2.24, 2.45) is 0 Å². The fraction of sp³-hybridized carbons (Fsp3) is 0.455. The molecule has 1 rings (SSSR count). The molecule has 0 fully saturated rings. The van der Waals surface area contributed by atoms with Gasteiger partial charge in [-0.15, -0.1) is 33.2 Å². The van der Waals surface area contributed by atoms with Gasteiger partial charge < -0.3 is 0 Å². The van der Waals surface area contributed by atoms with Crippen molar-refractivity contribution in [2.45, 2.75) is 32.7 Å². The van der Waals surface area contributed by atoms with Crippen LogP contribution in [0.3, 0.4) is 0 Å². The second-order valence-corrected chi connectivity index (χ2v) is 13.3. The van der Waals surface area contributed by atoms with Gasteiger partial charge in [-0.05, 0) is 31.4 Å². The van der Waals surface area contributed by atoms with Crippen LogP contribution in [0.15, 0.2) is 18.2 Å². The summed E-state index contributed by atoms with van der Waals surface area (Å²) >= 11 is 17.8. The molecule has 0 saturated heterocycles. The van der Waals surface area contributed by atoms with Gasteiger partial charge in [0, 0.05) is 0 Å². The molecular formula is C11H15Cl3Si. The van der Waals surface area contributed by atoms with E-state index in [9.17, 15) is 0 Å². The molecule has 1 unspecified atom stereocenters. The highest BCUT2D eigenvalue weighted by Gasteiger charge is 2.28. The highest BCUT2D eigenvalue weighted by atomic mass is 35.8. The minimum absolute atomic E-state index is 0.322. The van der Waals surface area contributed by atoms with Crippen LogP contribution in [0.4, 0.5) is 0 Å². The van der Waals surface area contributed by atoms with E-state index < -0.39 is 6.00 Å². The van der Waals surface area contributed by atoms with Gasteiger partial charge in [0.25, 0.3) is 0 Å². The molecule has 0 aromatic heterocycles. The van der Waals surface area contributed by atoms with Crippen LogP contribution in [0.5, 0.6) is 0 Å². The maximum atomic E-state index is 5.93. The van der Waals surface area contributed by atoms with Crippen LogP contribution in [-0.4, -0.2) is 6.00 Å². The Balaban J connectivity index is 2.86. The Labute approximate surface area is 107 Å². The van der Waals surface area contributed by atoms with E-state index in [-0.39, 0.29) is 0 Å². The molecule has 1 atom stereocenters. The summed E-state index contributed by atoms with van der Waals surface area (Å²) < 4.78 is 0. The van der Waals surface area contributed by atoms with Gasteiger partial charge in [0.15, 0.2) is 0 Å². The first-order valence-corrected chi connectivity index (χ1v) is 10.2. The average molecular weight is 282 g/mol. The molecule has 0 bridgehead atoms. The van der Waals surface area contributed by atoms with Crippen LogP contribution in [0.25, 0.3) is 0 Å². The molecule has 0 N–H and O–H groups in total. The van der Waals surface area contributed by atoms with Gasteiger partial charge in [-0.25, -0.2) is 0 Å². The van der Waals surface area contributed by atoms with Crippen LogP contribution in [-0.2, 0) is 0 Å². The normalized spacial score (nSPS) is 14.0. The monoisotopic (exact) mass is 280 g/mol. The van der Waals surface area contributed by atoms with Crippen molar-refractivity contribution >= 4 is 39.2 Å². The molecule has 1 aromatic rings. The Morgan fingerprint density at radius 1 is 1.07 bits per heavy atom. The molecule has 4 heteroatoms. The highest BCUT2D eigenvalue weighted by Crippen LogP contribution is 2.34. The molecule has 0 aliphatic carbocycles. The van der Waals surface area contributed by atoms with Gasteiger partial charge in [0.2, 0.25) is 0 Å². The summed E-state index contributed by atoms with van der Waals surface area (Å²) in [6, 6.07) is 4.65. The maximum Gasteiger partial charge on any atom is 0.342 e. The second kappa shape index (κ2) is 5.09. The van der Waals surface area contributed by atoms with E-state index >= 15 is 0 Å². The first-order chi connectivity index (χ1) is 6.78. The topological polar surface area (TPSA) is 0 Å². The van der Waals surface area contributed by atoms with Crippen molar-refractivity contribution in [1.82, 2.24) is 0 Å². The summed E-state index contributed by atoms with van der Waals surface area (Å²) in [6.07, 6.45) is 0. The fourth-order valence-corrected chi connectivity index (χ4v) is 4.77. The van der Waals surface area contributed by atoms with Crippen molar-refractivity contribution in [2.75, 3.05) is 0 Å². The third kappa shape index (κ3) is 4.77. The van der Waals surface area contributed by atoms with Crippen molar-refractivity contribution in [1.29, 1.82) is 0 Å². The van der Waals surface area contributed by atoms with E-state index in [2.05, 4.69) is 39.0 Å². The molecule has 0 nitrogen and oxygen atoms in total. The molecule has 0 radical (unpaired) electrons. The van der Waals surface area contributed by atoms with Gasteiger partial charge in [-0.1, -0.05) is 36.2 Å². The molecule has 1 aromatic carbocycles. The maximum absolute atomic E-state index is 5.93. The fourth-order valence-electron chi connectivity index (χ4n) is 1.76. The van der Waals surface area contributed by atoms with Crippen molar-refractivity contribution in [3.05, 3.63) is 34.9 Å². The van der Waals surface area contributed by atoms with E-state index in [1.54, 1.807) is 0 Å². The lowest BCUT2D eigenvalue weighted by molar-refractivity contribution is 0.855. The van der Waals surface area contributed by atoms with E-state index in [1.165, 1.54) is 16.7 Å². The molecule has 0 spiro atoms. The van der Waals surface area contributed by atoms with E-state index in [4.69, 9.17) is 33.2 Å². The predicted molar refractivity (Wildman–Crippen MR) is 72.5 cm³/mol. The quantitative estimate of drug-likeness (QED) is 0.536. The number of benzene rings is 1. The third-order valence-electron chi connectivity index (χ3n) is 2.35. The van der Waals surface area contributed by atoms with Crippen LogP contribution < -0.4 is 0 Å². The lowest BCUT2D eigenvalue weighted by atomic mass is 9.99. The number of rotatable bonds is 3. The van der Waals surface area contributed by atoms with Crippen LogP contribution in [0.2, 0.25) is 6.04 Å². The summed E-state index contributed by atoms with van der Waals surface area (Å²) in [6.45, 7) is 6.30. The molecular weight excluding hydrogens is 267 g/mol. The number of halogens is 3. The first kappa shape index (κ1) is 13.4. The minimum atomic E-state index is -2.52. The van der Waals surface area contributed by atoms with Gasteiger partial charge >= 0.3 is 6.00 Å². The molecule has 0 aliphatic rings. The Morgan fingerprint density at radius 3 is 1.93 bits per heavy atom. The van der Waals surface area contributed by atoms with E-state index in [0.717, 1.165) is 0 Å². The molecule has 15 heavy (non-hydrogen) atoms. The van der Waals surface area contributed by atoms with E-state index in [1.807, 2.05) is 0 Å². The smallest absolute Gasteiger partial charge is 0.126 e. The second-order valence-electron chi connectivity index (χ2n) is 4.14. The summed E-state index contributed by atoms with van der Waals surface area (Å²) in [7, 11) is 0. The largest absolute Gasteiger partial charge is 0.342 e. The minimum Gasteiger partial charge on any atom is -0.126 e. The standard InChI is InChI=1S/C11H15Cl3Si/c1-8-4-9(2)6-11(5-8)10(3)7-15(12,13)14/h4-6,10H,7H2,1-3H3. The van der Waals surface area contributed by atoms with Crippen molar-refractivity contribution < 1.29 is 0 Å². The number of aryl methyl sites for hydroxylation is 2. The summed E-state index contributed by atoms with van der Waals surface area (Å²) in [4.78, 5) is 0. The Kier molecular flexibility index (Phi) is 4.54. The SMILES string of the molecule is Cc1cc(C)cc(C(C)C[Si](Cl)(Cl)Cl)c1. The summed E-state index contributed by atoms with van der Waals surface area (Å²) in [5.41, 5.74) is 3.80. The number of hydrogen-bond donors (Lipinski definition) is 0. The first-order valence-electron chi connectivity index (χ1n) is 4.93. The molecule has 84 valence electrons. The van der Waals surface area contributed by atoms with Gasteiger partial charge in [-0.3, -0.25) is 0 Å². The lowest BCUT2D eigenvalue weighted by Crippen LogP contribution is -2.13. The molecule has 0 aliphatic heterocycles. The summed E-state index contributed by atoms with van der Waals surface area (Å²) in [5, 5.41) is 0. The van der Waals surface area contributed by atoms with Gasteiger partial charge in [0.05, 0.1) is 0 Å². The molecule has 0 heterocycles. The van der Waals surface area contributed by atoms with Crippen molar-refractivity contribution in [3.8, 4) is 0 Å². The van der Waals surface area contributed by atoms with Gasteiger partial charge in [-0.2, -0.15) is 0 Å². The van der Waals surface area contributed by atoms with Crippen LogP contribution >= 0.6 is 33.2 Å². The Hall–Kier alpha value is 0.307. The molecule has 0 saturated carbocycles. The van der Waals surface area contributed by atoms with Crippen molar-refractivity contribution in [3.63, 3.8) is 0 Å². The predicted octanol–water partition coefficient (Wildman–Crippen LogP) is 5.06. The molecule has 0 amide bonds. The van der Waals surface area contributed by atoms with Gasteiger partial charge in [0.1, 0.15) is 0 Å². The van der Waals surface area contributed by atoms with Crippen LogP contribution in [0, 0.1) is 13.8 Å². The van der Waals surface area contributed by atoms with E-state index in [0.29, 0.717) is 12.0 Å². The zero-order valence-electron chi connectivity index (χ0n) is 9.15. The highest BCUT2D eigenvalue weighted by molar-refractivity contribution is 7.64.